The number of nitrogens with one attached hydrogen (secondary N) is 1. The third-order valence-corrected chi connectivity index (χ3v) is 5.81. The largest absolute Gasteiger partial charge is 0.352 e. The topological polar surface area (TPSA) is 63.2 Å². The number of sulfone groups is 1. The van der Waals surface area contributed by atoms with E-state index in [1.165, 1.54) is 0 Å². The molecule has 0 spiro atoms. The third-order valence-electron chi connectivity index (χ3n) is 3.88. The Kier molecular flexibility index (Phi) is 5.40. The van der Waals surface area contributed by atoms with Crippen molar-refractivity contribution in [2.45, 2.75) is 44.0 Å². The van der Waals surface area contributed by atoms with Crippen LogP contribution in [0.2, 0.25) is 0 Å². The van der Waals surface area contributed by atoms with Gasteiger partial charge in [-0.1, -0.05) is 29.8 Å². The van der Waals surface area contributed by atoms with Crippen molar-refractivity contribution in [2.24, 2.45) is 5.92 Å². The SMILES string of the molecule is Cc1ccc(S(=O)(=O)C[C@H](C)NC(=O)[C@H]2CC=CCC2)cc1. The standard InChI is InChI=1S/C17H23NO3S/c1-13-8-10-16(11-9-13)22(20,21)12-14(2)18-17(19)15-6-4-3-5-7-15/h3-4,8-11,14-15H,5-7,12H2,1-2H3,(H,18,19)/t14-,15-/m0/s1. The molecule has 0 bridgehead atoms. The molecule has 5 heteroatoms. The zero-order chi connectivity index (χ0) is 16.2. The summed E-state index contributed by atoms with van der Waals surface area (Å²) in [5, 5.41) is 2.83. The van der Waals surface area contributed by atoms with Crippen LogP contribution in [0.1, 0.15) is 31.7 Å². The monoisotopic (exact) mass is 321 g/mol. The minimum Gasteiger partial charge on any atom is -0.352 e. The zero-order valence-electron chi connectivity index (χ0n) is 13.1. The van der Waals surface area contributed by atoms with Crippen LogP contribution in [0, 0.1) is 12.8 Å². The van der Waals surface area contributed by atoms with Gasteiger partial charge in [-0.25, -0.2) is 8.42 Å². The van der Waals surface area contributed by atoms with Crippen molar-refractivity contribution >= 4 is 15.7 Å². The van der Waals surface area contributed by atoms with Gasteiger partial charge in [-0.05, 0) is 45.2 Å². The molecule has 1 N–H and O–H groups in total. The van der Waals surface area contributed by atoms with E-state index in [0.29, 0.717) is 4.90 Å². The van der Waals surface area contributed by atoms with E-state index >= 15 is 0 Å². The zero-order valence-corrected chi connectivity index (χ0v) is 13.9. The predicted molar refractivity (Wildman–Crippen MR) is 87.3 cm³/mol. The molecule has 1 aromatic rings. The van der Waals surface area contributed by atoms with Gasteiger partial charge in [-0.2, -0.15) is 0 Å². The van der Waals surface area contributed by atoms with Gasteiger partial charge in [0.1, 0.15) is 0 Å². The van der Waals surface area contributed by atoms with E-state index in [2.05, 4.69) is 11.4 Å². The van der Waals surface area contributed by atoms with Crippen molar-refractivity contribution < 1.29 is 13.2 Å². The summed E-state index contributed by atoms with van der Waals surface area (Å²) in [6.45, 7) is 3.65. The highest BCUT2D eigenvalue weighted by Gasteiger charge is 2.23. The van der Waals surface area contributed by atoms with Gasteiger partial charge in [0.25, 0.3) is 0 Å². The molecule has 1 aliphatic rings. The van der Waals surface area contributed by atoms with Crippen molar-refractivity contribution in [3.63, 3.8) is 0 Å². The summed E-state index contributed by atoms with van der Waals surface area (Å²) in [5.74, 6) is -0.157. The molecule has 1 amide bonds. The first-order valence-electron chi connectivity index (χ1n) is 7.63. The molecule has 2 rings (SSSR count). The van der Waals surface area contributed by atoms with Crippen LogP contribution >= 0.6 is 0 Å². The second-order valence-electron chi connectivity index (χ2n) is 5.99. The minimum atomic E-state index is -3.38. The van der Waals surface area contributed by atoms with Crippen LogP contribution in [0.4, 0.5) is 0 Å². The third kappa shape index (κ3) is 4.44. The molecule has 0 saturated heterocycles. The molecule has 1 aliphatic carbocycles. The van der Waals surface area contributed by atoms with Gasteiger partial charge in [-0.3, -0.25) is 4.79 Å². The van der Waals surface area contributed by atoms with Crippen LogP contribution in [0.25, 0.3) is 0 Å². The van der Waals surface area contributed by atoms with E-state index in [1.807, 2.05) is 13.0 Å². The Labute approximate surface area is 132 Å². The molecule has 0 aromatic heterocycles. The van der Waals surface area contributed by atoms with Gasteiger partial charge in [0.2, 0.25) is 5.91 Å². The summed E-state index contributed by atoms with van der Waals surface area (Å²) in [6, 6.07) is 6.40. The summed E-state index contributed by atoms with van der Waals surface area (Å²) >= 11 is 0. The average Bonchev–Trinajstić information content (AvgIpc) is 2.48. The smallest absolute Gasteiger partial charge is 0.223 e. The quantitative estimate of drug-likeness (QED) is 0.848. The molecule has 0 fully saturated rings. The van der Waals surface area contributed by atoms with Gasteiger partial charge in [-0.15, -0.1) is 0 Å². The van der Waals surface area contributed by atoms with E-state index in [4.69, 9.17) is 0 Å². The molecule has 2 atom stereocenters. The maximum Gasteiger partial charge on any atom is 0.223 e. The van der Waals surface area contributed by atoms with Crippen molar-refractivity contribution in [3.05, 3.63) is 42.0 Å². The van der Waals surface area contributed by atoms with E-state index in [1.54, 1.807) is 31.2 Å². The lowest BCUT2D eigenvalue weighted by Gasteiger charge is -2.20. The molecule has 22 heavy (non-hydrogen) atoms. The molecule has 0 radical (unpaired) electrons. The van der Waals surface area contributed by atoms with Crippen LogP contribution in [0.15, 0.2) is 41.3 Å². The fraction of sp³-hybridized carbons (Fsp3) is 0.471. The van der Waals surface area contributed by atoms with Crippen LogP contribution < -0.4 is 5.32 Å². The summed E-state index contributed by atoms with van der Waals surface area (Å²) in [7, 11) is -3.38. The number of amides is 1. The second kappa shape index (κ2) is 7.09. The fourth-order valence-electron chi connectivity index (χ4n) is 2.61. The van der Waals surface area contributed by atoms with Crippen LogP contribution in [-0.4, -0.2) is 26.1 Å². The van der Waals surface area contributed by atoms with Gasteiger partial charge in [0.05, 0.1) is 10.6 Å². The van der Waals surface area contributed by atoms with E-state index in [0.717, 1.165) is 24.8 Å². The van der Waals surface area contributed by atoms with Crippen molar-refractivity contribution in [1.82, 2.24) is 5.32 Å². The Hall–Kier alpha value is -1.62. The summed E-state index contributed by atoms with van der Waals surface area (Å²) in [4.78, 5) is 12.4. The van der Waals surface area contributed by atoms with Crippen molar-refractivity contribution in [2.75, 3.05) is 5.75 Å². The van der Waals surface area contributed by atoms with E-state index in [9.17, 15) is 13.2 Å². The lowest BCUT2D eigenvalue weighted by atomic mass is 9.93. The summed E-state index contributed by atoms with van der Waals surface area (Å²) in [5.41, 5.74) is 1.02. The highest BCUT2D eigenvalue weighted by Crippen LogP contribution is 2.19. The molecule has 120 valence electrons. The summed E-state index contributed by atoms with van der Waals surface area (Å²) < 4.78 is 24.7. The first kappa shape index (κ1) is 16.7. The van der Waals surface area contributed by atoms with Crippen LogP contribution in [-0.2, 0) is 14.6 Å². The average molecular weight is 321 g/mol. The maximum atomic E-state index is 12.3. The molecule has 0 aliphatic heterocycles. The highest BCUT2D eigenvalue weighted by atomic mass is 32.2. The molecule has 0 unspecified atom stereocenters. The molecule has 0 saturated carbocycles. The Bertz CT molecular complexity index is 647. The van der Waals surface area contributed by atoms with Crippen LogP contribution in [0.5, 0.6) is 0 Å². The Morgan fingerprint density at radius 2 is 1.95 bits per heavy atom. The van der Waals surface area contributed by atoms with Gasteiger partial charge >= 0.3 is 0 Å². The van der Waals surface area contributed by atoms with Crippen molar-refractivity contribution in [1.29, 1.82) is 0 Å². The van der Waals surface area contributed by atoms with Gasteiger partial charge in [0, 0.05) is 12.0 Å². The maximum absolute atomic E-state index is 12.3. The second-order valence-corrected chi connectivity index (χ2v) is 8.02. The van der Waals surface area contributed by atoms with Crippen LogP contribution in [0.3, 0.4) is 0 Å². The Morgan fingerprint density at radius 3 is 2.55 bits per heavy atom. The number of aryl methyl sites for hydroxylation is 1. The number of allylic oxidation sites excluding steroid dienone is 2. The molecule has 4 nitrogen and oxygen atoms in total. The molecule has 0 heterocycles. The predicted octanol–water partition coefficient (Wildman–Crippen LogP) is 2.63. The van der Waals surface area contributed by atoms with Gasteiger partial charge < -0.3 is 5.32 Å². The van der Waals surface area contributed by atoms with E-state index < -0.39 is 15.9 Å². The Balaban J connectivity index is 1.95. The molecular weight excluding hydrogens is 298 g/mol. The number of hydrogen-bond donors (Lipinski definition) is 1. The van der Waals surface area contributed by atoms with Crippen molar-refractivity contribution in [3.8, 4) is 0 Å². The molecule has 1 aromatic carbocycles. The number of rotatable bonds is 5. The lowest BCUT2D eigenvalue weighted by Crippen LogP contribution is -2.41. The number of carbonyl (C=O) groups excluding carboxylic acids is 1. The first-order chi connectivity index (χ1) is 10.4. The van der Waals surface area contributed by atoms with E-state index in [-0.39, 0.29) is 17.6 Å². The number of carbonyl (C=O) groups is 1. The summed E-state index contributed by atoms with van der Waals surface area (Å²) in [6.07, 6.45) is 6.58. The Morgan fingerprint density at radius 1 is 1.27 bits per heavy atom. The number of hydrogen-bond acceptors (Lipinski definition) is 3. The fourth-order valence-corrected chi connectivity index (χ4v) is 4.09. The lowest BCUT2D eigenvalue weighted by molar-refractivity contribution is -0.125. The highest BCUT2D eigenvalue weighted by molar-refractivity contribution is 7.91. The molecular formula is C17H23NO3S. The van der Waals surface area contributed by atoms with Gasteiger partial charge in [0.15, 0.2) is 9.84 Å². The number of benzene rings is 1. The minimum absolute atomic E-state index is 0.0328. The first-order valence-corrected chi connectivity index (χ1v) is 9.28. The normalized spacial score (nSPS) is 19.6.